The molecule has 0 saturated carbocycles. The molecule has 0 aliphatic carbocycles. The number of nitrogens with zero attached hydrogens (tertiary/aromatic N) is 2. The molecule has 1 aromatic carbocycles. The first kappa shape index (κ1) is 12.5. The minimum absolute atomic E-state index is 0.350. The van der Waals surface area contributed by atoms with Gasteiger partial charge in [-0.15, -0.1) is 0 Å². The van der Waals surface area contributed by atoms with Crippen molar-refractivity contribution in [1.29, 1.82) is 0 Å². The highest BCUT2D eigenvalue weighted by atomic mass is 19.1. The summed E-state index contributed by atoms with van der Waals surface area (Å²) < 4.78 is 14.5. The van der Waals surface area contributed by atoms with Crippen LogP contribution in [0.1, 0.15) is 31.6 Å². The summed E-state index contributed by atoms with van der Waals surface area (Å²) in [5.41, 5.74) is 5.97. The number of H-pyrrole nitrogens is 1. The van der Waals surface area contributed by atoms with Crippen LogP contribution >= 0.6 is 0 Å². The van der Waals surface area contributed by atoms with E-state index in [0.717, 1.165) is 6.42 Å². The van der Waals surface area contributed by atoms with Gasteiger partial charge in [0, 0.05) is 0 Å². The van der Waals surface area contributed by atoms with Gasteiger partial charge in [0.1, 0.15) is 5.82 Å². The zero-order chi connectivity index (χ0) is 13.1. The number of aromatic amines is 1. The van der Waals surface area contributed by atoms with E-state index in [0.29, 0.717) is 17.9 Å². The average molecular weight is 250 g/mol. The molecule has 96 valence electrons. The molecule has 1 aromatic heterocycles. The van der Waals surface area contributed by atoms with Gasteiger partial charge in [0.25, 0.3) is 0 Å². The molecule has 0 spiro atoms. The number of benzene rings is 1. The Morgan fingerprint density at radius 1 is 1.56 bits per heavy atom. The second kappa shape index (κ2) is 5.14. The van der Waals surface area contributed by atoms with Crippen molar-refractivity contribution < 1.29 is 4.39 Å². The summed E-state index contributed by atoms with van der Waals surface area (Å²) in [4.78, 5) is 11.7. The molecule has 1 unspecified atom stereocenters. The highest BCUT2D eigenvalue weighted by molar-refractivity contribution is 5.33. The van der Waals surface area contributed by atoms with Gasteiger partial charge in [-0.2, -0.15) is 5.10 Å². The SMILES string of the molecule is CCCC(N)c1n[nH]c(=O)n1-c1cccc(F)c1. The Balaban J connectivity index is 2.50. The predicted octanol–water partition coefficient (Wildman–Crippen LogP) is 1.50. The zero-order valence-electron chi connectivity index (χ0n) is 10.1. The topological polar surface area (TPSA) is 76.7 Å². The highest BCUT2D eigenvalue weighted by Crippen LogP contribution is 2.16. The largest absolute Gasteiger partial charge is 0.347 e. The molecule has 0 bridgehead atoms. The van der Waals surface area contributed by atoms with Crippen LogP contribution in [0.3, 0.4) is 0 Å². The second-order valence-electron chi connectivity index (χ2n) is 4.10. The summed E-state index contributed by atoms with van der Waals surface area (Å²) in [6, 6.07) is 5.43. The Kier molecular flexibility index (Phi) is 3.57. The number of halogens is 1. The lowest BCUT2D eigenvalue weighted by Crippen LogP contribution is -2.22. The van der Waals surface area contributed by atoms with Crippen LogP contribution in [0.4, 0.5) is 4.39 Å². The molecule has 1 heterocycles. The average Bonchev–Trinajstić information content (AvgIpc) is 2.71. The van der Waals surface area contributed by atoms with Crippen LogP contribution in [0.15, 0.2) is 29.1 Å². The van der Waals surface area contributed by atoms with E-state index in [2.05, 4.69) is 10.2 Å². The van der Waals surface area contributed by atoms with Crippen molar-refractivity contribution in [3.8, 4) is 5.69 Å². The van der Waals surface area contributed by atoms with Gasteiger partial charge in [0.2, 0.25) is 0 Å². The van der Waals surface area contributed by atoms with Crippen molar-refractivity contribution >= 4 is 0 Å². The first-order chi connectivity index (χ1) is 8.63. The Labute approximate surface area is 103 Å². The standard InChI is InChI=1S/C12H15FN4O/c1-2-4-10(14)11-15-16-12(18)17(11)9-6-3-5-8(13)7-9/h3,5-7,10H,2,4,14H2,1H3,(H,16,18). The molecule has 6 heteroatoms. The highest BCUT2D eigenvalue weighted by Gasteiger charge is 2.16. The van der Waals surface area contributed by atoms with Crippen molar-refractivity contribution in [2.75, 3.05) is 0 Å². The number of hydrogen-bond acceptors (Lipinski definition) is 3. The molecular weight excluding hydrogens is 235 g/mol. The van der Waals surface area contributed by atoms with E-state index in [9.17, 15) is 9.18 Å². The Morgan fingerprint density at radius 2 is 2.33 bits per heavy atom. The lowest BCUT2D eigenvalue weighted by Gasteiger charge is -2.11. The van der Waals surface area contributed by atoms with Gasteiger partial charge >= 0.3 is 5.69 Å². The quantitative estimate of drug-likeness (QED) is 0.863. The minimum Gasteiger partial charge on any atom is -0.321 e. The minimum atomic E-state index is -0.415. The third kappa shape index (κ3) is 2.33. The third-order valence-electron chi connectivity index (χ3n) is 2.70. The fraction of sp³-hybridized carbons (Fsp3) is 0.333. The molecule has 0 aliphatic heterocycles. The van der Waals surface area contributed by atoms with Crippen LogP contribution in [0.25, 0.3) is 5.69 Å². The first-order valence-electron chi connectivity index (χ1n) is 5.82. The van der Waals surface area contributed by atoms with Crippen LogP contribution in [-0.4, -0.2) is 14.8 Å². The van der Waals surface area contributed by atoms with E-state index in [1.54, 1.807) is 12.1 Å². The van der Waals surface area contributed by atoms with Crippen molar-refractivity contribution in [2.45, 2.75) is 25.8 Å². The van der Waals surface area contributed by atoms with E-state index in [4.69, 9.17) is 5.73 Å². The zero-order valence-corrected chi connectivity index (χ0v) is 10.1. The number of nitrogens with one attached hydrogen (secondary N) is 1. The van der Waals surface area contributed by atoms with Crippen LogP contribution in [0.2, 0.25) is 0 Å². The fourth-order valence-electron chi connectivity index (χ4n) is 1.86. The van der Waals surface area contributed by atoms with Crippen LogP contribution in [0.5, 0.6) is 0 Å². The molecule has 0 radical (unpaired) electrons. The van der Waals surface area contributed by atoms with Crippen LogP contribution < -0.4 is 11.4 Å². The van der Waals surface area contributed by atoms with E-state index in [1.807, 2.05) is 6.92 Å². The Morgan fingerprint density at radius 3 is 3.00 bits per heavy atom. The lowest BCUT2D eigenvalue weighted by atomic mass is 10.1. The van der Waals surface area contributed by atoms with Gasteiger partial charge in [-0.3, -0.25) is 0 Å². The van der Waals surface area contributed by atoms with E-state index >= 15 is 0 Å². The molecular formula is C12H15FN4O. The number of hydrogen-bond donors (Lipinski definition) is 2. The van der Waals surface area contributed by atoms with E-state index in [-0.39, 0.29) is 6.04 Å². The number of rotatable bonds is 4. The maximum Gasteiger partial charge on any atom is 0.347 e. The summed E-state index contributed by atoms with van der Waals surface area (Å²) in [6.45, 7) is 2.00. The molecule has 3 N–H and O–H groups in total. The van der Waals surface area contributed by atoms with Gasteiger partial charge < -0.3 is 5.73 Å². The van der Waals surface area contributed by atoms with Gasteiger partial charge in [0.15, 0.2) is 5.82 Å². The first-order valence-corrected chi connectivity index (χ1v) is 5.82. The third-order valence-corrected chi connectivity index (χ3v) is 2.70. The molecule has 5 nitrogen and oxygen atoms in total. The Hall–Kier alpha value is -1.95. The van der Waals surface area contributed by atoms with E-state index < -0.39 is 11.5 Å². The molecule has 0 saturated heterocycles. The van der Waals surface area contributed by atoms with Gasteiger partial charge in [-0.05, 0) is 24.6 Å². The summed E-state index contributed by atoms with van der Waals surface area (Å²) in [5, 5.41) is 6.27. The summed E-state index contributed by atoms with van der Waals surface area (Å²) in [7, 11) is 0. The van der Waals surface area contributed by atoms with Crippen molar-refractivity contribution in [2.24, 2.45) is 5.73 Å². The summed E-state index contributed by atoms with van der Waals surface area (Å²) in [6.07, 6.45) is 1.59. The molecule has 18 heavy (non-hydrogen) atoms. The van der Waals surface area contributed by atoms with E-state index in [1.165, 1.54) is 16.7 Å². The lowest BCUT2D eigenvalue weighted by molar-refractivity contribution is 0.587. The Bertz CT molecular complexity index is 590. The predicted molar refractivity (Wildman–Crippen MR) is 66.0 cm³/mol. The monoisotopic (exact) mass is 250 g/mol. The molecule has 2 rings (SSSR count). The van der Waals surface area contributed by atoms with Gasteiger partial charge in [-0.1, -0.05) is 19.4 Å². The normalized spacial score (nSPS) is 12.6. The van der Waals surface area contributed by atoms with Crippen molar-refractivity contribution in [3.05, 3.63) is 46.4 Å². The molecule has 2 aromatic rings. The maximum absolute atomic E-state index is 13.2. The second-order valence-corrected chi connectivity index (χ2v) is 4.10. The summed E-state index contributed by atoms with van der Waals surface area (Å²) >= 11 is 0. The van der Waals surface area contributed by atoms with Crippen molar-refractivity contribution in [1.82, 2.24) is 14.8 Å². The number of nitrogens with two attached hydrogens (primary N) is 1. The molecule has 0 aliphatic rings. The molecule has 1 atom stereocenters. The smallest absolute Gasteiger partial charge is 0.321 e. The molecule has 0 fully saturated rings. The van der Waals surface area contributed by atoms with Gasteiger partial charge in [0.05, 0.1) is 11.7 Å². The van der Waals surface area contributed by atoms with Crippen LogP contribution in [0, 0.1) is 5.82 Å². The molecule has 0 amide bonds. The number of aromatic nitrogens is 3. The fourth-order valence-corrected chi connectivity index (χ4v) is 1.86. The van der Waals surface area contributed by atoms with Gasteiger partial charge in [-0.25, -0.2) is 18.9 Å². The van der Waals surface area contributed by atoms with Crippen LogP contribution in [-0.2, 0) is 0 Å². The maximum atomic E-state index is 13.2. The van der Waals surface area contributed by atoms with Crippen molar-refractivity contribution in [3.63, 3.8) is 0 Å². The summed E-state index contributed by atoms with van der Waals surface area (Å²) in [5.74, 6) is 0.0167.